The summed E-state index contributed by atoms with van der Waals surface area (Å²) in [6, 6.07) is 0. The van der Waals surface area contributed by atoms with Crippen LogP contribution in [0.15, 0.2) is 0 Å². The smallest absolute Gasteiger partial charge is 0.281 e. The molecule has 2 bridgehead atoms. The lowest BCUT2D eigenvalue weighted by molar-refractivity contribution is -0.195. The van der Waals surface area contributed by atoms with Crippen LogP contribution in [0.2, 0.25) is 0 Å². The Morgan fingerprint density at radius 2 is 1.42 bits per heavy atom. The van der Waals surface area contributed by atoms with Gasteiger partial charge in [-0.2, -0.15) is 0 Å². The predicted molar refractivity (Wildman–Crippen MR) is 102 cm³/mol. The maximum atomic E-state index is 12.8. The highest BCUT2D eigenvalue weighted by atomic mass is 127. The van der Waals surface area contributed by atoms with Crippen molar-refractivity contribution in [3.05, 3.63) is 0 Å². The molecule has 0 radical (unpaired) electrons. The van der Waals surface area contributed by atoms with Crippen LogP contribution in [-0.2, 0) is 4.79 Å². The highest BCUT2D eigenvalue weighted by Crippen LogP contribution is 2.68. The molecular weight excluding hydrogens is 415 g/mol. The van der Waals surface area contributed by atoms with E-state index in [0.29, 0.717) is 5.91 Å². The summed E-state index contributed by atoms with van der Waals surface area (Å²) in [5.74, 6) is 1.98. The van der Waals surface area contributed by atoms with Crippen LogP contribution in [0.3, 0.4) is 0 Å². The van der Waals surface area contributed by atoms with E-state index in [0.717, 1.165) is 44.2 Å². The van der Waals surface area contributed by atoms with Gasteiger partial charge in [0, 0.05) is 41.2 Å². The molecule has 1 saturated heterocycles. The van der Waals surface area contributed by atoms with Crippen molar-refractivity contribution < 1.29 is 9.59 Å². The van der Waals surface area contributed by atoms with Gasteiger partial charge in [0.05, 0.1) is 5.41 Å². The molecule has 1 heterocycles. The minimum Gasteiger partial charge on any atom is -0.342 e. The number of rotatable bonds is 3. The Labute approximate surface area is 158 Å². The first-order valence-electron chi connectivity index (χ1n) is 9.79. The highest BCUT2D eigenvalue weighted by molar-refractivity contribution is 14.1. The van der Waals surface area contributed by atoms with Gasteiger partial charge in [0.1, 0.15) is 0 Å². The molecule has 4 saturated carbocycles. The minimum absolute atomic E-state index is 0.0116. The third kappa shape index (κ3) is 2.99. The Hall–Kier alpha value is -0.330. The summed E-state index contributed by atoms with van der Waals surface area (Å²) < 4.78 is 0.0116. The Morgan fingerprint density at radius 3 is 1.96 bits per heavy atom. The molecule has 134 valence electrons. The normalized spacial score (nSPS) is 37.1. The van der Waals surface area contributed by atoms with Gasteiger partial charge >= 0.3 is 0 Å². The molecule has 0 unspecified atom stereocenters. The van der Waals surface area contributed by atoms with Crippen LogP contribution in [0.25, 0.3) is 0 Å². The second-order valence-electron chi connectivity index (χ2n) is 8.92. The topological polar surface area (TPSA) is 49.4 Å². The fraction of sp³-hybridized carbons (Fsp3) is 0.895. The average Bonchev–Trinajstić information content (AvgIpc) is 2.53. The summed E-state index contributed by atoms with van der Waals surface area (Å²) >= 11 is 1.79. The first-order chi connectivity index (χ1) is 11.5. The van der Waals surface area contributed by atoms with E-state index in [-0.39, 0.29) is 14.9 Å². The van der Waals surface area contributed by atoms with Crippen LogP contribution in [0.5, 0.6) is 0 Å². The summed E-state index contributed by atoms with van der Waals surface area (Å²) in [6.45, 7) is 1.99. The lowest BCUT2D eigenvalue weighted by Gasteiger charge is -2.70. The maximum Gasteiger partial charge on any atom is 0.281 e. The zero-order valence-corrected chi connectivity index (χ0v) is 16.6. The zero-order chi connectivity index (χ0) is 16.8. The third-order valence-electron chi connectivity index (χ3n) is 7.11. The molecule has 4 nitrogen and oxygen atoms in total. The number of halogens is 1. The lowest BCUT2D eigenvalue weighted by atomic mass is 9.39. The standard InChI is InChI=1S/C19H29IN2O2/c20-17(24)21-19-11-18(12-19,13-19)16(23)22-9-15(10-22)14-7-5-3-1-2-4-6-8-14/h14-15H,1-13H2,(H,21,24). The van der Waals surface area contributed by atoms with Crippen LogP contribution in [0, 0.1) is 17.3 Å². The minimum atomic E-state index is -0.109. The van der Waals surface area contributed by atoms with Crippen molar-refractivity contribution in [2.75, 3.05) is 13.1 Å². The van der Waals surface area contributed by atoms with Gasteiger partial charge in [0.2, 0.25) is 5.91 Å². The molecule has 24 heavy (non-hydrogen) atoms. The first-order valence-corrected chi connectivity index (χ1v) is 10.9. The van der Waals surface area contributed by atoms with E-state index < -0.39 is 0 Å². The van der Waals surface area contributed by atoms with Crippen molar-refractivity contribution in [2.45, 2.75) is 76.2 Å². The molecule has 5 fully saturated rings. The largest absolute Gasteiger partial charge is 0.342 e. The van der Waals surface area contributed by atoms with E-state index in [1.54, 1.807) is 22.6 Å². The summed E-state index contributed by atoms with van der Waals surface area (Å²) in [5.41, 5.74) is -0.140. The van der Waals surface area contributed by atoms with Crippen molar-refractivity contribution in [3.63, 3.8) is 0 Å². The first kappa shape index (κ1) is 17.1. The third-order valence-corrected chi connectivity index (χ3v) is 7.38. The van der Waals surface area contributed by atoms with Crippen molar-refractivity contribution in [1.29, 1.82) is 0 Å². The molecule has 0 aromatic carbocycles. The summed E-state index contributed by atoms with van der Waals surface area (Å²) in [4.78, 5) is 26.2. The summed E-state index contributed by atoms with van der Waals surface area (Å²) in [5, 5.41) is 3.03. The van der Waals surface area contributed by atoms with Crippen LogP contribution in [0.1, 0.15) is 70.6 Å². The lowest BCUT2D eigenvalue weighted by Crippen LogP contribution is -2.79. The molecule has 0 atom stereocenters. The van der Waals surface area contributed by atoms with Crippen LogP contribution < -0.4 is 5.32 Å². The summed E-state index contributed by atoms with van der Waals surface area (Å²) in [6.07, 6.45) is 13.8. The molecule has 1 N–H and O–H groups in total. The molecule has 0 aromatic rings. The number of carbonyl (C=O) groups is 2. The van der Waals surface area contributed by atoms with E-state index in [1.807, 2.05) is 0 Å². The number of hydrogen-bond acceptors (Lipinski definition) is 2. The summed E-state index contributed by atoms with van der Waals surface area (Å²) in [7, 11) is 0. The molecule has 0 aromatic heterocycles. The van der Waals surface area contributed by atoms with E-state index in [9.17, 15) is 9.59 Å². The predicted octanol–water partition coefficient (Wildman–Crippen LogP) is 4.26. The number of amides is 2. The fourth-order valence-electron chi connectivity index (χ4n) is 5.80. The number of nitrogens with one attached hydrogen (secondary N) is 1. The molecule has 4 aliphatic carbocycles. The van der Waals surface area contributed by atoms with Gasteiger partial charge in [-0.25, -0.2) is 0 Å². The van der Waals surface area contributed by atoms with Gasteiger partial charge < -0.3 is 10.2 Å². The van der Waals surface area contributed by atoms with Crippen molar-refractivity contribution >= 4 is 32.4 Å². The van der Waals surface area contributed by atoms with Crippen molar-refractivity contribution in [2.24, 2.45) is 17.3 Å². The van der Waals surface area contributed by atoms with E-state index >= 15 is 0 Å². The fourth-order valence-corrected chi connectivity index (χ4v) is 6.38. The SMILES string of the molecule is O=C(I)NC12CC(C(=O)N3CC(C4CCCCCCCC4)C3)(C1)C2. The van der Waals surface area contributed by atoms with Crippen LogP contribution in [-0.4, -0.2) is 33.3 Å². The Bertz CT molecular complexity index is 500. The van der Waals surface area contributed by atoms with E-state index in [1.165, 1.54) is 51.4 Å². The number of likely N-dealkylation sites (tertiary alicyclic amines) is 1. The quantitative estimate of drug-likeness (QED) is 0.402. The maximum absolute atomic E-state index is 12.8. The Morgan fingerprint density at radius 1 is 0.875 bits per heavy atom. The molecular formula is C19H29IN2O2. The Balaban J connectivity index is 1.24. The monoisotopic (exact) mass is 444 g/mol. The second kappa shape index (κ2) is 6.44. The Kier molecular flexibility index (Phi) is 4.59. The van der Waals surface area contributed by atoms with E-state index in [4.69, 9.17) is 0 Å². The van der Waals surface area contributed by atoms with Crippen LogP contribution >= 0.6 is 22.6 Å². The molecule has 2 amide bonds. The number of hydrogen-bond donors (Lipinski definition) is 1. The highest BCUT2D eigenvalue weighted by Gasteiger charge is 2.73. The van der Waals surface area contributed by atoms with Gasteiger partial charge in [-0.3, -0.25) is 9.59 Å². The molecule has 5 rings (SSSR count). The molecule has 5 heteroatoms. The van der Waals surface area contributed by atoms with Gasteiger partial charge in [-0.1, -0.05) is 51.4 Å². The van der Waals surface area contributed by atoms with Crippen molar-refractivity contribution in [1.82, 2.24) is 10.2 Å². The van der Waals surface area contributed by atoms with Gasteiger partial charge in [-0.15, -0.1) is 0 Å². The number of carbonyl (C=O) groups excluding carboxylic acids is 2. The zero-order valence-electron chi connectivity index (χ0n) is 14.5. The average molecular weight is 444 g/mol. The number of nitrogens with zero attached hydrogens (tertiary/aromatic N) is 1. The molecule has 0 spiro atoms. The van der Waals surface area contributed by atoms with Crippen molar-refractivity contribution in [3.8, 4) is 0 Å². The molecule has 5 aliphatic rings. The van der Waals surface area contributed by atoms with Gasteiger partial charge in [-0.05, 0) is 31.1 Å². The van der Waals surface area contributed by atoms with Crippen LogP contribution in [0.4, 0.5) is 4.79 Å². The molecule has 1 aliphatic heterocycles. The van der Waals surface area contributed by atoms with E-state index in [2.05, 4.69) is 10.2 Å². The van der Waals surface area contributed by atoms with Gasteiger partial charge in [0.25, 0.3) is 3.91 Å². The second-order valence-corrected chi connectivity index (χ2v) is 9.90. The van der Waals surface area contributed by atoms with Gasteiger partial charge in [0.15, 0.2) is 0 Å².